The van der Waals surface area contributed by atoms with Gasteiger partial charge in [0.25, 0.3) is 9.04 Å². The Morgan fingerprint density at radius 3 is 2.71 bits per heavy atom. The summed E-state index contributed by atoms with van der Waals surface area (Å²) in [6, 6.07) is 7.96. The highest BCUT2D eigenvalue weighted by molar-refractivity contribution is 6.49. The molecule has 1 rings (SSSR count). The molecule has 1 aromatic rings. The zero-order valence-electron chi connectivity index (χ0n) is 8.71. The van der Waals surface area contributed by atoms with E-state index in [2.05, 4.69) is 18.4 Å². The number of nitrogens with two attached hydrogens (primary N) is 1. The van der Waals surface area contributed by atoms with Crippen LogP contribution in [0.25, 0.3) is 0 Å². The molecular formula is C10H17N2OSi. The number of rotatable bonds is 5. The molecule has 0 amide bonds. The molecule has 0 atom stereocenters. The van der Waals surface area contributed by atoms with E-state index in [1.807, 2.05) is 24.3 Å². The molecule has 0 spiro atoms. The molecular weight excluding hydrogens is 192 g/mol. The number of benzene rings is 1. The van der Waals surface area contributed by atoms with E-state index in [9.17, 15) is 0 Å². The van der Waals surface area contributed by atoms with Crippen molar-refractivity contribution in [3.8, 4) is 5.75 Å². The SMILES string of the molecule is C[Si](C)Oc1ccccc1NCCN. The fraction of sp³-hybridized carbons (Fsp3) is 0.400. The van der Waals surface area contributed by atoms with Gasteiger partial charge in [0, 0.05) is 13.1 Å². The van der Waals surface area contributed by atoms with Crippen LogP contribution in [-0.2, 0) is 0 Å². The zero-order valence-corrected chi connectivity index (χ0v) is 9.71. The van der Waals surface area contributed by atoms with Gasteiger partial charge in [-0.15, -0.1) is 0 Å². The summed E-state index contributed by atoms with van der Waals surface area (Å²) in [5, 5.41) is 3.23. The molecule has 0 aliphatic heterocycles. The third-order valence-electron chi connectivity index (χ3n) is 1.66. The minimum atomic E-state index is -0.705. The topological polar surface area (TPSA) is 47.3 Å². The largest absolute Gasteiger partial charge is 0.541 e. The van der Waals surface area contributed by atoms with Crippen molar-refractivity contribution < 1.29 is 4.43 Å². The summed E-state index contributed by atoms with van der Waals surface area (Å²) >= 11 is 0. The lowest BCUT2D eigenvalue weighted by molar-refractivity contribution is 0.582. The number of nitrogens with one attached hydrogen (secondary N) is 1. The first-order valence-corrected chi connectivity index (χ1v) is 7.16. The maximum Gasteiger partial charge on any atom is 0.274 e. The molecule has 4 heteroatoms. The van der Waals surface area contributed by atoms with Gasteiger partial charge in [-0.1, -0.05) is 12.1 Å². The van der Waals surface area contributed by atoms with Crippen LogP contribution in [0.15, 0.2) is 24.3 Å². The average molecular weight is 209 g/mol. The van der Waals surface area contributed by atoms with Crippen molar-refractivity contribution in [1.29, 1.82) is 0 Å². The van der Waals surface area contributed by atoms with Crippen LogP contribution in [0.1, 0.15) is 0 Å². The maximum absolute atomic E-state index is 5.74. The summed E-state index contributed by atoms with van der Waals surface area (Å²) in [6.07, 6.45) is 0. The zero-order chi connectivity index (χ0) is 10.4. The van der Waals surface area contributed by atoms with Crippen LogP contribution >= 0.6 is 0 Å². The fourth-order valence-corrected chi connectivity index (χ4v) is 1.75. The van der Waals surface area contributed by atoms with Crippen LogP contribution in [0.2, 0.25) is 13.1 Å². The van der Waals surface area contributed by atoms with Gasteiger partial charge in [0.1, 0.15) is 5.75 Å². The van der Waals surface area contributed by atoms with Gasteiger partial charge in [0.05, 0.1) is 5.69 Å². The Morgan fingerprint density at radius 1 is 1.36 bits per heavy atom. The normalized spacial score (nSPS) is 10.3. The summed E-state index contributed by atoms with van der Waals surface area (Å²) in [5.41, 5.74) is 6.46. The van der Waals surface area contributed by atoms with E-state index >= 15 is 0 Å². The van der Waals surface area contributed by atoms with Gasteiger partial charge in [-0.2, -0.15) is 0 Å². The highest BCUT2D eigenvalue weighted by atomic mass is 28.3. The molecule has 1 radical (unpaired) electrons. The first kappa shape index (κ1) is 11.1. The second-order valence-electron chi connectivity index (χ2n) is 3.22. The minimum Gasteiger partial charge on any atom is -0.541 e. The summed E-state index contributed by atoms with van der Waals surface area (Å²) < 4.78 is 5.74. The Bertz CT molecular complexity index is 279. The Hall–Kier alpha value is -1.00. The molecule has 0 heterocycles. The van der Waals surface area contributed by atoms with Crippen molar-refractivity contribution in [3.05, 3.63) is 24.3 Å². The van der Waals surface area contributed by atoms with Crippen LogP contribution in [0.5, 0.6) is 5.75 Å². The lowest BCUT2D eigenvalue weighted by Gasteiger charge is -2.14. The molecule has 3 N–H and O–H groups in total. The molecule has 0 aromatic heterocycles. The third-order valence-corrected chi connectivity index (χ3v) is 2.29. The Balaban J connectivity index is 2.69. The van der Waals surface area contributed by atoms with Crippen molar-refractivity contribution >= 4 is 14.7 Å². The minimum absolute atomic E-state index is 0.629. The molecule has 0 saturated heterocycles. The number of hydrogen-bond donors (Lipinski definition) is 2. The van der Waals surface area contributed by atoms with E-state index in [0.29, 0.717) is 6.54 Å². The summed E-state index contributed by atoms with van der Waals surface area (Å²) in [6.45, 7) is 5.63. The number of para-hydroxylation sites is 2. The molecule has 1 aromatic carbocycles. The van der Waals surface area contributed by atoms with Crippen molar-refractivity contribution in [3.63, 3.8) is 0 Å². The summed E-state index contributed by atoms with van der Waals surface area (Å²) in [7, 11) is -0.705. The van der Waals surface area contributed by atoms with Gasteiger partial charge < -0.3 is 15.5 Å². The van der Waals surface area contributed by atoms with Gasteiger partial charge in [-0.05, 0) is 25.2 Å². The van der Waals surface area contributed by atoms with Crippen LogP contribution in [0.3, 0.4) is 0 Å². The van der Waals surface area contributed by atoms with E-state index in [1.54, 1.807) is 0 Å². The third kappa shape index (κ3) is 3.39. The van der Waals surface area contributed by atoms with E-state index in [-0.39, 0.29) is 0 Å². The van der Waals surface area contributed by atoms with E-state index in [0.717, 1.165) is 18.0 Å². The quantitative estimate of drug-likeness (QED) is 0.725. The molecule has 0 bridgehead atoms. The van der Waals surface area contributed by atoms with Gasteiger partial charge in [0.2, 0.25) is 0 Å². The molecule has 0 fully saturated rings. The number of anilines is 1. The van der Waals surface area contributed by atoms with Crippen LogP contribution in [0.4, 0.5) is 5.69 Å². The maximum atomic E-state index is 5.74. The lowest BCUT2D eigenvalue weighted by atomic mass is 10.3. The Morgan fingerprint density at radius 2 is 2.07 bits per heavy atom. The van der Waals surface area contributed by atoms with Gasteiger partial charge in [-0.25, -0.2) is 0 Å². The fourth-order valence-electron chi connectivity index (χ4n) is 1.13. The van der Waals surface area contributed by atoms with Crippen LogP contribution < -0.4 is 15.5 Å². The van der Waals surface area contributed by atoms with Crippen molar-refractivity contribution in [2.45, 2.75) is 13.1 Å². The second kappa shape index (κ2) is 5.67. The van der Waals surface area contributed by atoms with Crippen LogP contribution in [-0.4, -0.2) is 22.1 Å². The average Bonchev–Trinajstić information content (AvgIpc) is 2.16. The van der Waals surface area contributed by atoms with Gasteiger partial charge in [0.15, 0.2) is 0 Å². The smallest absolute Gasteiger partial charge is 0.274 e. The van der Waals surface area contributed by atoms with Crippen molar-refractivity contribution in [1.82, 2.24) is 0 Å². The van der Waals surface area contributed by atoms with Crippen molar-refractivity contribution in [2.75, 3.05) is 18.4 Å². The lowest BCUT2D eigenvalue weighted by Crippen LogP contribution is -2.16. The van der Waals surface area contributed by atoms with E-state index in [4.69, 9.17) is 10.2 Å². The van der Waals surface area contributed by atoms with E-state index < -0.39 is 9.04 Å². The van der Waals surface area contributed by atoms with Gasteiger partial charge >= 0.3 is 0 Å². The molecule has 77 valence electrons. The Labute approximate surface area is 87.0 Å². The standard InChI is InChI=1S/C10H17N2OSi/c1-14(2)13-10-6-4-3-5-9(10)12-8-7-11/h3-6,12H,7-8,11H2,1-2H3. The molecule has 0 unspecified atom stereocenters. The van der Waals surface area contributed by atoms with E-state index in [1.165, 1.54) is 0 Å². The summed E-state index contributed by atoms with van der Waals surface area (Å²) in [4.78, 5) is 0. The highest BCUT2D eigenvalue weighted by Crippen LogP contribution is 2.23. The molecule has 3 nitrogen and oxygen atoms in total. The molecule has 0 saturated carbocycles. The van der Waals surface area contributed by atoms with Gasteiger partial charge in [-0.3, -0.25) is 0 Å². The second-order valence-corrected chi connectivity index (χ2v) is 5.24. The molecule has 14 heavy (non-hydrogen) atoms. The molecule has 0 aliphatic rings. The predicted molar refractivity (Wildman–Crippen MR) is 62.1 cm³/mol. The first-order chi connectivity index (χ1) is 6.74. The van der Waals surface area contributed by atoms with Crippen LogP contribution in [0, 0.1) is 0 Å². The molecule has 0 aliphatic carbocycles. The van der Waals surface area contributed by atoms with Crippen molar-refractivity contribution in [2.24, 2.45) is 5.73 Å². The highest BCUT2D eigenvalue weighted by Gasteiger charge is 2.04. The number of hydrogen-bond acceptors (Lipinski definition) is 3. The summed E-state index contributed by atoms with van der Waals surface area (Å²) in [5.74, 6) is 0.930. The Kier molecular flexibility index (Phi) is 4.48. The first-order valence-electron chi connectivity index (χ1n) is 4.75. The predicted octanol–water partition coefficient (Wildman–Crippen LogP) is 1.69. The monoisotopic (exact) mass is 209 g/mol.